The van der Waals surface area contributed by atoms with Crippen molar-refractivity contribution < 1.29 is 29.0 Å². The van der Waals surface area contributed by atoms with E-state index in [-0.39, 0.29) is 16.8 Å². The third-order valence-corrected chi connectivity index (χ3v) is 22.9. The smallest absolute Gasteiger partial charge is 0.261 e. The highest BCUT2D eigenvalue weighted by molar-refractivity contribution is 7.00. The summed E-state index contributed by atoms with van der Waals surface area (Å²) in [6, 6.07) is 49.4. The number of rotatable bonds is 18. The third-order valence-electron chi connectivity index (χ3n) is 13.2. The number of amides is 1. The average molecular weight is 906 g/mol. The summed E-state index contributed by atoms with van der Waals surface area (Å²) in [5.41, 5.74) is 0.241. The Morgan fingerprint density at radius 3 is 1.71 bits per heavy atom. The Morgan fingerprint density at radius 2 is 1.23 bits per heavy atom. The maximum absolute atomic E-state index is 13.4. The summed E-state index contributed by atoms with van der Waals surface area (Å²) in [6.07, 6.45) is 1.83. The standard InChI is InChI=1S/C52H59N5O6Si2/c1-50(2,3)65(41-27-17-9-18-28-41,42-29-19-10-20-30-42)63-52(33-34-52)46(43(59)35-58)62-44(31-32-51(4,5)64(61,39-23-13-7-14-24-39)40-25-15-8-16-26-40)57-37-55-45-47(53-36-54-48(45)57)56-49(60)38-21-11-6-12-22-38/h6-30,36-37,43-44,46,58-59,61H,31-35H2,1-5H3,(H,53,54,56,60)/t43-,44+,46+/m0/s1. The minimum Gasteiger partial charge on any atom is -0.424 e. The van der Waals surface area contributed by atoms with Gasteiger partial charge in [0.15, 0.2) is 17.0 Å². The summed E-state index contributed by atoms with van der Waals surface area (Å²) >= 11 is 0. The van der Waals surface area contributed by atoms with Gasteiger partial charge in [-0.2, -0.15) is 0 Å². The molecule has 11 nitrogen and oxygen atoms in total. The molecular formula is C52H59N5O6Si2. The largest absolute Gasteiger partial charge is 0.424 e. The van der Waals surface area contributed by atoms with E-state index in [1.54, 1.807) is 30.6 Å². The Kier molecular flexibility index (Phi) is 13.2. The molecule has 1 saturated carbocycles. The normalized spacial score (nSPS) is 15.6. The van der Waals surface area contributed by atoms with Crippen LogP contribution in [0.25, 0.3) is 11.2 Å². The molecule has 0 unspecified atom stereocenters. The number of aliphatic hydroxyl groups excluding tert-OH is 2. The zero-order valence-corrected chi connectivity index (χ0v) is 39.7. The Bertz CT molecular complexity index is 2580. The molecule has 336 valence electrons. The first kappa shape index (κ1) is 45.9. The molecule has 8 rings (SSSR count). The number of hydrogen-bond acceptors (Lipinski definition) is 9. The van der Waals surface area contributed by atoms with Crippen molar-refractivity contribution in [3.63, 3.8) is 0 Å². The van der Waals surface area contributed by atoms with Crippen LogP contribution >= 0.6 is 0 Å². The van der Waals surface area contributed by atoms with E-state index in [1.807, 2.05) is 108 Å². The molecule has 0 spiro atoms. The number of anilines is 1. The fourth-order valence-electron chi connectivity index (χ4n) is 9.52. The fraction of sp³-hybridized carbons (Fsp3) is 0.308. The SMILES string of the molecule is CC(C)(CC[C@@H](O[C@H]([C@@H](O)CO)C1(O[Si](c2ccccc2)(c2ccccc2)C(C)(C)C)CC1)n1cnc2c(NC(=O)c3ccccc3)ncnc21)[Si](O)(c1ccccc1)c1ccccc1. The lowest BCUT2D eigenvalue weighted by molar-refractivity contribution is -0.164. The molecule has 3 atom stereocenters. The van der Waals surface area contributed by atoms with Gasteiger partial charge in [-0.15, -0.1) is 0 Å². The monoisotopic (exact) mass is 905 g/mol. The van der Waals surface area contributed by atoms with Crippen LogP contribution in [0.2, 0.25) is 10.1 Å². The summed E-state index contributed by atoms with van der Waals surface area (Å²) in [5, 5.41) is 28.7. The molecule has 13 heteroatoms. The molecule has 65 heavy (non-hydrogen) atoms. The van der Waals surface area contributed by atoms with E-state index in [4.69, 9.17) is 19.1 Å². The molecule has 0 bridgehead atoms. The molecule has 1 fully saturated rings. The summed E-state index contributed by atoms with van der Waals surface area (Å²) in [4.78, 5) is 40.5. The first-order valence-electron chi connectivity index (χ1n) is 22.4. The van der Waals surface area contributed by atoms with E-state index in [2.05, 4.69) is 69.2 Å². The van der Waals surface area contributed by atoms with Gasteiger partial charge in [0.05, 0.1) is 18.5 Å². The van der Waals surface area contributed by atoms with E-state index in [0.29, 0.717) is 42.4 Å². The number of imidazole rings is 1. The molecule has 2 heterocycles. The van der Waals surface area contributed by atoms with E-state index in [0.717, 1.165) is 20.7 Å². The maximum Gasteiger partial charge on any atom is 0.261 e. The molecule has 5 aromatic carbocycles. The van der Waals surface area contributed by atoms with Crippen LogP contribution in [0.3, 0.4) is 0 Å². The molecule has 0 radical (unpaired) electrons. The lowest BCUT2D eigenvalue weighted by Gasteiger charge is -2.47. The number of carbonyl (C=O) groups excluding carboxylic acids is 1. The van der Waals surface area contributed by atoms with Crippen molar-refractivity contribution in [1.82, 2.24) is 19.5 Å². The minimum absolute atomic E-state index is 0.234. The number of hydrogen-bond donors (Lipinski definition) is 4. The molecule has 0 saturated heterocycles. The molecule has 0 aliphatic heterocycles. The number of nitrogens with one attached hydrogen (secondary N) is 1. The van der Waals surface area contributed by atoms with Crippen LogP contribution in [0.15, 0.2) is 164 Å². The quantitative estimate of drug-likeness (QED) is 0.0687. The highest BCUT2D eigenvalue weighted by Gasteiger charge is 2.63. The Morgan fingerprint density at radius 1 is 0.738 bits per heavy atom. The summed E-state index contributed by atoms with van der Waals surface area (Å²) in [5.74, 6) is -0.111. The fourth-order valence-corrected chi connectivity index (χ4v) is 18.1. The summed E-state index contributed by atoms with van der Waals surface area (Å²) < 4.78 is 16.9. The molecule has 1 aliphatic carbocycles. The van der Waals surface area contributed by atoms with Crippen LogP contribution in [-0.4, -0.2) is 81.5 Å². The van der Waals surface area contributed by atoms with Crippen molar-refractivity contribution in [2.24, 2.45) is 0 Å². The predicted molar refractivity (Wildman–Crippen MR) is 261 cm³/mol. The minimum atomic E-state index is -3.48. The number of benzene rings is 5. The number of aliphatic hydroxyl groups is 2. The van der Waals surface area contributed by atoms with Crippen molar-refractivity contribution >= 4 is 60.3 Å². The molecule has 1 aliphatic rings. The second-order valence-electron chi connectivity index (χ2n) is 18.8. The van der Waals surface area contributed by atoms with Crippen LogP contribution in [0, 0.1) is 0 Å². The highest BCUT2D eigenvalue weighted by Crippen LogP contribution is 2.52. The number of fused-ring (bicyclic) bond motifs is 1. The van der Waals surface area contributed by atoms with Crippen LogP contribution in [0.4, 0.5) is 5.82 Å². The van der Waals surface area contributed by atoms with Crippen molar-refractivity contribution in [2.75, 3.05) is 11.9 Å². The van der Waals surface area contributed by atoms with Crippen LogP contribution < -0.4 is 26.1 Å². The van der Waals surface area contributed by atoms with Gasteiger partial charge in [-0.05, 0) is 68.6 Å². The number of carbonyl (C=O) groups is 1. The molecule has 7 aromatic rings. The van der Waals surface area contributed by atoms with E-state index >= 15 is 0 Å². The number of aromatic nitrogens is 4. The third kappa shape index (κ3) is 8.89. The summed E-state index contributed by atoms with van der Waals surface area (Å²) in [6.45, 7) is 10.3. The molecular weight excluding hydrogens is 847 g/mol. The van der Waals surface area contributed by atoms with Crippen molar-refractivity contribution in [2.45, 2.75) is 94.4 Å². The van der Waals surface area contributed by atoms with Gasteiger partial charge in [0.1, 0.15) is 24.8 Å². The number of ether oxygens (including phenoxy) is 1. The Balaban J connectivity index is 1.23. The van der Waals surface area contributed by atoms with Gasteiger partial charge >= 0.3 is 0 Å². The van der Waals surface area contributed by atoms with Gasteiger partial charge < -0.3 is 29.5 Å². The van der Waals surface area contributed by atoms with Crippen molar-refractivity contribution in [3.8, 4) is 0 Å². The van der Waals surface area contributed by atoms with Gasteiger partial charge in [-0.1, -0.05) is 174 Å². The average Bonchev–Trinajstić information content (AvgIpc) is 3.98. The Labute approximate surface area is 383 Å². The van der Waals surface area contributed by atoms with Crippen LogP contribution in [0.5, 0.6) is 0 Å². The van der Waals surface area contributed by atoms with Gasteiger partial charge in [-0.25, -0.2) is 15.0 Å². The van der Waals surface area contributed by atoms with Crippen molar-refractivity contribution in [3.05, 3.63) is 170 Å². The maximum atomic E-state index is 13.4. The second-order valence-corrected chi connectivity index (χ2v) is 27.0. The lowest BCUT2D eigenvalue weighted by atomic mass is 10.0. The number of nitrogens with zero attached hydrogens (tertiary/aromatic N) is 4. The Hall–Kier alpha value is -5.65. The zero-order chi connectivity index (χ0) is 45.9. The van der Waals surface area contributed by atoms with Crippen molar-refractivity contribution in [1.29, 1.82) is 0 Å². The highest BCUT2D eigenvalue weighted by atomic mass is 28.4. The van der Waals surface area contributed by atoms with Crippen LogP contribution in [0.1, 0.15) is 76.9 Å². The zero-order valence-electron chi connectivity index (χ0n) is 37.7. The van der Waals surface area contributed by atoms with E-state index in [9.17, 15) is 19.8 Å². The summed E-state index contributed by atoms with van der Waals surface area (Å²) in [7, 11) is -6.66. The molecule has 4 N–H and O–H groups in total. The van der Waals surface area contributed by atoms with Gasteiger partial charge in [0, 0.05) is 5.56 Å². The van der Waals surface area contributed by atoms with E-state index in [1.165, 1.54) is 6.33 Å². The predicted octanol–water partition coefficient (Wildman–Crippen LogP) is 6.74. The first-order valence-corrected chi connectivity index (χ1v) is 26.2. The van der Waals surface area contributed by atoms with E-state index < -0.39 is 52.3 Å². The van der Waals surface area contributed by atoms with Gasteiger partial charge in [-0.3, -0.25) is 9.36 Å². The second kappa shape index (κ2) is 18.7. The first-order chi connectivity index (χ1) is 31.2. The topological polar surface area (TPSA) is 152 Å². The van der Waals surface area contributed by atoms with Crippen LogP contribution in [-0.2, 0) is 9.16 Å². The van der Waals surface area contributed by atoms with Gasteiger partial charge in [0.25, 0.3) is 22.5 Å². The molecule has 2 aromatic heterocycles. The van der Waals surface area contributed by atoms with Gasteiger partial charge in [0.2, 0.25) is 0 Å². The molecule has 1 amide bonds. The lowest BCUT2D eigenvalue weighted by Crippen LogP contribution is -2.69.